The van der Waals surface area contributed by atoms with Crippen molar-refractivity contribution in [3.8, 4) is 0 Å². The number of rotatable bonds is 4. The summed E-state index contributed by atoms with van der Waals surface area (Å²) in [5, 5.41) is 5.46. The molecule has 0 aliphatic heterocycles. The summed E-state index contributed by atoms with van der Waals surface area (Å²) in [6.07, 6.45) is -3.35. The number of anilines is 2. The Morgan fingerprint density at radius 3 is 2.56 bits per heavy atom. The minimum Gasteiger partial charge on any atom is -0.370 e. The van der Waals surface area contributed by atoms with Gasteiger partial charge in [-0.1, -0.05) is 6.92 Å². The van der Waals surface area contributed by atoms with Gasteiger partial charge in [0.1, 0.15) is 5.82 Å². The van der Waals surface area contributed by atoms with Gasteiger partial charge < -0.3 is 10.6 Å². The molecule has 0 aromatic carbocycles. The monoisotopic (exact) mass is 260 g/mol. The van der Waals surface area contributed by atoms with Crippen LogP contribution in [0.5, 0.6) is 0 Å². The standard InChI is InChI=1S/C11H15F3N4/c1-6-3-7(6)5-16-9-4-8(11(12,13)14)17-10(15-2)18-9/h4,6-7H,3,5H2,1-2H3,(H2,15,16,17,18). The number of alkyl halides is 3. The Morgan fingerprint density at radius 2 is 2.06 bits per heavy atom. The summed E-state index contributed by atoms with van der Waals surface area (Å²) in [6, 6.07) is 0.938. The van der Waals surface area contributed by atoms with Crippen molar-refractivity contribution in [1.29, 1.82) is 0 Å². The molecule has 1 saturated carbocycles. The lowest BCUT2D eigenvalue weighted by Crippen LogP contribution is -2.14. The normalized spacial score (nSPS) is 22.7. The largest absolute Gasteiger partial charge is 0.433 e. The van der Waals surface area contributed by atoms with Crippen LogP contribution in [0.1, 0.15) is 19.0 Å². The molecule has 0 spiro atoms. The minimum atomic E-state index is -4.46. The lowest BCUT2D eigenvalue weighted by Gasteiger charge is -2.11. The Kier molecular flexibility index (Phi) is 3.32. The van der Waals surface area contributed by atoms with E-state index in [1.807, 2.05) is 0 Å². The molecule has 1 heterocycles. The predicted octanol–water partition coefficient (Wildman–Crippen LogP) is 2.61. The smallest absolute Gasteiger partial charge is 0.370 e. The van der Waals surface area contributed by atoms with E-state index in [2.05, 4.69) is 27.5 Å². The third kappa shape index (κ3) is 3.02. The second-order valence-electron chi connectivity index (χ2n) is 4.56. The maximum absolute atomic E-state index is 12.6. The van der Waals surface area contributed by atoms with Crippen LogP contribution in [0.4, 0.5) is 24.9 Å². The van der Waals surface area contributed by atoms with Crippen LogP contribution in [0.15, 0.2) is 6.07 Å². The maximum Gasteiger partial charge on any atom is 0.433 e. The average molecular weight is 260 g/mol. The zero-order chi connectivity index (χ0) is 13.3. The highest BCUT2D eigenvalue weighted by molar-refractivity contribution is 5.43. The van der Waals surface area contributed by atoms with Crippen molar-refractivity contribution >= 4 is 11.8 Å². The van der Waals surface area contributed by atoms with Gasteiger partial charge in [0.2, 0.25) is 5.95 Å². The summed E-state index contributed by atoms with van der Waals surface area (Å²) in [4.78, 5) is 7.35. The van der Waals surface area contributed by atoms with E-state index in [0.29, 0.717) is 18.4 Å². The first kappa shape index (κ1) is 12.9. The Morgan fingerprint density at radius 1 is 1.39 bits per heavy atom. The van der Waals surface area contributed by atoms with Crippen molar-refractivity contribution in [1.82, 2.24) is 9.97 Å². The summed E-state index contributed by atoms with van der Waals surface area (Å²) < 4.78 is 37.8. The van der Waals surface area contributed by atoms with Crippen LogP contribution in [-0.2, 0) is 6.18 Å². The first-order chi connectivity index (χ1) is 8.40. The molecule has 1 aromatic heterocycles. The van der Waals surface area contributed by atoms with Crippen LogP contribution in [0.25, 0.3) is 0 Å². The van der Waals surface area contributed by atoms with E-state index in [-0.39, 0.29) is 11.8 Å². The van der Waals surface area contributed by atoms with Gasteiger partial charge in [0.05, 0.1) is 0 Å². The van der Waals surface area contributed by atoms with Gasteiger partial charge in [-0.25, -0.2) is 4.98 Å². The Labute approximate surface area is 103 Å². The van der Waals surface area contributed by atoms with Gasteiger partial charge in [-0.15, -0.1) is 0 Å². The highest BCUT2D eigenvalue weighted by atomic mass is 19.4. The van der Waals surface area contributed by atoms with Crippen LogP contribution in [0.3, 0.4) is 0 Å². The highest BCUT2D eigenvalue weighted by Gasteiger charge is 2.34. The van der Waals surface area contributed by atoms with Gasteiger partial charge in [0.15, 0.2) is 5.69 Å². The second kappa shape index (κ2) is 4.62. The molecule has 2 unspecified atom stereocenters. The van der Waals surface area contributed by atoms with E-state index in [4.69, 9.17) is 0 Å². The molecule has 1 aromatic rings. The third-order valence-corrected chi connectivity index (χ3v) is 3.06. The fraction of sp³-hybridized carbons (Fsp3) is 0.636. The van der Waals surface area contributed by atoms with Crippen LogP contribution in [-0.4, -0.2) is 23.6 Å². The van der Waals surface area contributed by atoms with Crippen LogP contribution >= 0.6 is 0 Å². The van der Waals surface area contributed by atoms with Crippen LogP contribution < -0.4 is 10.6 Å². The second-order valence-corrected chi connectivity index (χ2v) is 4.56. The predicted molar refractivity (Wildman–Crippen MR) is 62.3 cm³/mol. The number of nitrogens with one attached hydrogen (secondary N) is 2. The molecule has 2 atom stereocenters. The lowest BCUT2D eigenvalue weighted by molar-refractivity contribution is -0.141. The molecule has 0 saturated heterocycles. The molecule has 1 aliphatic carbocycles. The highest BCUT2D eigenvalue weighted by Crippen LogP contribution is 2.37. The van der Waals surface area contributed by atoms with Crippen molar-refractivity contribution in [2.75, 3.05) is 24.2 Å². The zero-order valence-electron chi connectivity index (χ0n) is 10.2. The molecule has 4 nitrogen and oxygen atoms in total. The summed E-state index contributed by atoms with van der Waals surface area (Å²) >= 11 is 0. The first-order valence-corrected chi connectivity index (χ1v) is 5.78. The van der Waals surface area contributed by atoms with Gasteiger partial charge in [-0.05, 0) is 18.3 Å². The van der Waals surface area contributed by atoms with E-state index in [0.717, 1.165) is 12.5 Å². The Bertz CT molecular complexity index is 433. The number of nitrogens with zero attached hydrogens (tertiary/aromatic N) is 2. The molecule has 0 radical (unpaired) electrons. The zero-order valence-corrected chi connectivity index (χ0v) is 10.2. The van der Waals surface area contributed by atoms with E-state index in [1.54, 1.807) is 0 Å². The SMILES string of the molecule is CNc1nc(NCC2CC2C)cc(C(F)(F)F)n1. The number of aromatic nitrogens is 2. The van der Waals surface area contributed by atoms with Crippen LogP contribution in [0, 0.1) is 11.8 Å². The molecular formula is C11H15F3N4. The van der Waals surface area contributed by atoms with Crippen molar-refractivity contribution in [3.63, 3.8) is 0 Å². The van der Waals surface area contributed by atoms with Gasteiger partial charge >= 0.3 is 6.18 Å². The molecule has 0 amide bonds. The van der Waals surface area contributed by atoms with E-state index >= 15 is 0 Å². The Balaban J connectivity index is 2.13. The summed E-state index contributed by atoms with van der Waals surface area (Å²) in [6.45, 7) is 2.77. The quantitative estimate of drug-likeness (QED) is 0.873. The summed E-state index contributed by atoms with van der Waals surface area (Å²) in [5.41, 5.74) is -0.937. The summed E-state index contributed by atoms with van der Waals surface area (Å²) in [7, 11) is 1.49. The van der Waals surface area contributed by atoms with Crippen molar-refractivity contribution < 1.29 is 13.2 Å². The fourth-order valence-corrected chi connectivity index (χ4v) is 1.71. The van der Waals surface area contributed by atoms with E-state index in [1.165, 1.54) is 7.05 Å². The van der Waals surface area contributed by atoms with Crippen LogP contribution in [0.2, 0.25) is 0 Å². The molecule has 1 aliphatic rings. The number of hydrogen-bond donors (Lipinski definition) is 2. The van der Waals surface area contributed by atoms with Gasteiger partial charge in [-0.2, -0.15) is 18.2 Å². The first-order valence-electron chi connectivity index (χ1n) is 5.78. The molecule has 7 heteroatoms. The van der Waals surface area contributed by atoms with E-state index < -0.39 is 11.9 Å². The molecule has 1 fully saturated rings. The topological polar surface area (TPSA) is 49.8 Å². The summed E-state index contributed by atoms with van der Waals surface area (Å²) in [5.74, 6) is 1.36. The van der Waals surface area contributed by atoms with Crippen molar-refractivity contribution in [3.05, 3.63) is 11.8 Å². The van der Waals surface area contributed by atoms with E-state index in [9.17, 15) is 13.2 Å². The molecular weight excluding hydrogens is 245 g/mol. The molecule has 2 rings (SSSR count). The molecule has 18 heavy (non-hydrogen) atoms. The minimum absolute atomic E-state index is 0.0313. The van der Waals surface area contributed by atoms with Crippen molar-refractivity contribution in [2.24, 2.45) is 11.8 Å². The van der Waals surface area contributed by atoms with Crippen molar-refractivity contribution in [2.45, 2.75) is 19.5 Å². The maximum atomic E-state index is 12.6. The van der Waals surface area contributed by atoms with Gasteiger partial charge in [0, 0.05) is 19.7 Å². The van der Waals surface area contributed by atoms with Gasteiger partial charge in [-0.3, -0.25) is 0 Å². The molecule has 100 valence electrons. The lowest BCUT2D eigenvalue weighted by atomic mass is 10.3. The molecule has 2 N–H and O–H groups in total. The third-order valence-electron chi connectivity index (χ3n) is 3.06. The number of halogens is 3. The van der Waals surface area contributed by atoms with Gasteiger partial charge in [0.25, 0.3) is 0 Å². The number of hydrogen-bond acceptors (Lipinski definition) is 4. The molecule has 0 bridgehead atoms. The Hall–Kier alpha value is -1.53. The average Bonchev–Trinajstić information content (AvgIpc) is 3.01. The fourth-order valence-electron chi connectivity index (χ4n) is 1.71.